The molecule has 2 amide bonds. The van der Waals surface area contributed by atoms with Gasteiger partial charge in [0.2, 0.25) is 0 Å². The number of hydrogen-bond donors (Lipinski definition) is 3. The van der Waals surface area contributed by atoms with Crippen molar-refractivity contribution in [1.29, 1.82) is 0 Å². The van der Waals surface area contributed by atoms with Gasteiger partial charge in [-0.1, -0.05) is 30.3 Å². The van der Waals surface area contributed by atoms with Crippen LogP contribution in [0.3, 0.4) is 0 Å². The van der Waals surface area contributed by atoms with Crippen molar-refractivity contribution in [3.63, 3.8) is 0 Å². The van der Waals surface area contributed by atoms with Crippen LogP contribution < -0.4 is 10.6 Å². The molecule has 1 saturated carbocycles. The molecule has 1 aliphatic carbocycles. The summed E-state index contributed by atoms with van der Waals surface area (Å²) in [4.78, 5) is 22.7. The molecule has 1 aliphatic rings. The summed E-state index contributed by atoms with van der Waals surface area (Å²) in [6, 6.07) is 9.33. The van der Waals surface area contributed by atoms with Crippen LogP contribution in [0.15, 0.2) is 30.3 Å². The van der Waals surface area contributed by atoms with Gasteiger partial charge in [-0.25, -0.2) is 9.59 Å². The molecular formula is C16H22N2O4. The smallest absolute Gasteiger partial charge is 0.407 e. The fourth-order valence-electron chi connectivity index (χ4n) is 2.90. The molecule has 1 aromatic carbocycles. The lowest BCUT2D eigenvalue weighted by Crippen LogP contribution is -2.53. The molecule has 6 nitrogen and oxygen atoms in total. The largest absolute Gasteiger partial charge is 0.465 e. The van der Waals surface area contributed by atoms with Crippen LogP contribution in [0.5, 0.6) is 0 Å². The van der Waals surface area contributed by atoms with E-state index in [1.54, 1.807) is 0 Å². The molecule has 0 heterocycles. The van der Waals surface area contributed by atoms with Gasteiger partial charge in [0.1, 0.15) is 6.61 Å². The Kier molecular flexibility index (Phi) is 5.25. The maximum Gasteiger partial charge on any atom is 0.407 e. The molecule has 0 aliphatic heterocycles. The first-order valence-electron chi connectivity index (χ1n) is 7.45. The number of carbonyl (C=O) groups excluding carboxylic acids is 1. The average Bonchev–Trinajstić information content (AvgIpc) is 2.45. The second-order valence-electron chi connectivity index (χ2n) is 5.99. The molecule has 120 valence electrons. The summed E-state index contributed by atoms with van der Waals surface area (Å²) in [5, 5.41) is 14.2. The predicted octanol–water partition coefficient (Wildman–Crippen LogP) is 2.88. The lowest BCUT2D eigenvalue weighted by Gasteiger charge is -2.38. The monoisotopic (exact) mass is 306 g/mol. The van der Waals surface area contributed by atoms with Gasteiger partial charge >= 0.3 is 12.2 Å². The molecule has 0 saturated heterocycles. The number of carboxylic acid groups (broad SMARTS) is 1. The van der Waals surface area contributed by atoms with Crippen LogP contribution in [0.25, 0.3) is 0 Å². The Morgan fingerprint density at radius 1 is 1.36 bits per heavy atom. The number of alkyl carbamates (subject to hydrolysis) is 1. The molecule has 0 radical (unpaired) electrons. The topological polar surface area (TPSA) is 87.7 Å². The Morgan fingerprint density at radius 2 is 2.09 bits per heavy atom. The zero-order chi connectivity index (χ0) is 16.0. The quantitative estimate of drug-likeness (QED) is 0.798. The van der Waals surface area contributed by atoms with Crippen molar-refractivity contribution in [3.8, 4) is 0 Å². The molecule has 2 atom stereocenters. The predicted molar refractivity (Wildman–Crippen MR) is 81.6 cm³/mol. The number of carbonyl (C=O) groups is 2. The Hall–Kier alpha value is -2.24. The third-order valence-corrected chi connectivity index (χ3v) is 3.92. The zero-order valence-corrected chi connectivity index (χ0v) is 12.7. The Morgan fingerprint density at radius 3 is 2.77 bits per heavy atom. The number of benzene rings is 1. The minimum Gasteiger partial charge on any atom is -0.465 e. The van der Waals surface area contributed by atoms with E-state index in [1.807, 2.05) is 37.3 Å². The first-order chi connectivity index (χ1) is 10.5. The highest BCUT2D eigenvalue weighted by Gasteiger charge is 2.34. The SMILES string of the molecule is CC1(NC(=O)OCc2ccccc2)CCCC(NC(=O)O)C1. The molecule has 1 aromatic rings. The molecule has 1 fully saturated rings. The van der Waals surface area contributed by atoms with Crippen LogP contribution in [0.2, 0.25) is 0 Å². The summed E-state index contributed by atoms with van der Waals surface area (Å²) in [5.74, 6) is 0. The molecule has 22 heavy (non-hydrogen) atoms. The highest BCUT2D eigenvalue weighted by molar-refractivity contribution is 5.68. The van der Waals surface area contributed by atoms with Crippen LogP contribution in [0.1, 0.15) is 38.2 Å². The van der Waals surface area contributed by atoms with E-state index < -0.39 is 17.7 Å². The molecule has 2 unspecified atom stereocenters. The standard InChI is InChI=1S/C16H22N2O4/c1-16(9-5-8-13(10-16)17-14(19)20)18-15(21)22-11-12-6-3-2-4-7-12/h2-4,6-7,13,17H,5,8-11H2,1H3,(H,18,21)(H,19,20). The van der Waals surface area contributed by atoms with Gasteiger partial charge in [-0.15, -0.1) is 0 Å². The van der Waals surface area contributed by atoms with E-state index in [0.717, 1.165) is 24.8 Å². The number of amides is 2. The minimum absolute atomic E-state index is 0.134. The van der Waals surface area contributed by atoms with Gasteiger partial charge in [-0.3, -0.25) is 0 Å². The fourth-order valence-corrected chi connectivity index (χ4v) is 2.90. The van der Waals surface area contributed by atoms with Gasteiger partial charge in [-0.05, 0) is 38.2 Å². The van der Waals surface area contributed by atoms with Crippen molar-refractivity contribution in [1.82, 2.24) is 10.6 Å². The van der Waals surface area contributed by atoms with Gasteiger partial charge in [0.15, 0.2) is 0 Å². The molecule has 0 bridgehead atoms. The lowest BCUT2D eigenvalue weighted by atomic mass is 9.80. The lowest BCUT2D eigenvalue weighted by molar-refractivity contribution is 0.116. The van der Waals surface area contributed by atoms with Gasteiger partial charge in [0.25, 0.3) is 0 Å². The average molecular weight is 306 g/mol. The highest BCUT2D eigenvalue weighted by atomic mass is 16.5. The van der Waals surface area contributed by atoms with E-state index >= 15 is 0 Å². The normalized spacial score (nSPS) is 24.3. The Bertz CT molecular complexity index is 520. The summed E-state index contributed by atoms with van der Waals surface area (Å²) in [6.45, 7) is 2.14. The second kappa shape index (κ2) is 7.15. The van der Waals surface area contributed by atoms with Crippen molar-refractivity contribution in [3.05, 3.63) is 35.9 Å². The maximum atomic E-state index is 11.9. The number of rotatable bonds is 4. The third kappa shape index (κ3) is 4.95. The molecule has 3 N–H and O–H groups in total. The molecular weight excluding hydrogens is 284 g/mol. The maximum absolute atomic E-state index is 11.9. The molecule has 2 rings (SSSR count). The van der Waals surface area contributed by atoms with Crippen molar-refractivity contribution >= 4 is 12.2 Å². The Balaban J connectivity index is 1.82. The third-order valence-electron chi connectivity index (χ3n) is 3.92. The van der Waals surface area contributed by atoms with Crippen LogP contribution in [0.4, 0.5) is 9.59 Å². The van der Waals surface area contributed by atoms with Crippen molar-refractivity contribution in [2.75, 3.05) is 0 Å². The van der Waals surface area contributed by atoms with Gasteiger partial charge < -0.3 is 20.5 Å². The molecule has 0 aromatic heterocycles. The summed E-state index contributed by atoms with van der Waals surface area (Å²) >= 11 is 0. The van der Waals surface area contributed by atoms with Crippen LogP contribution in [-0.2, 0) is 11.3 Å². The van der Waals surface area contributed by atoms with Crippen molar-refractivity contribution in [2.45, 2.75) is 50.8 Å². The number of hydrogen-bond acceptors (Lipinski definition) is 3. The molecule has 0 spiro atoms. The van der Waals surface area contributed by atoms with Gasteiger partial charge in [0, 0.05) is 11.6 Å². The summed E-state index contributed by atoms with van der Waals surface area (Å²) in [7, 11) is 0. The Labute approximate surface area is 129 Å². The zero-order valence-electron chi connectivity index (χ0n) is 12.7. The first kappa shape index (κ1) is 16.1. The van der Waals surface area contributed by atoms with E-state index in [4.69, 9.17) is 9.84 Å². The van der Waals surface area contributed by atoms with E-state index in [9.17, 15) is 9.59 Å². The number of nitrogens with one attached hydrogen (secondary N) is 2. The van der Waals surface area contributed by atoms with Crippen LogP contribution >= 0.6 is 0 Å². The first-order valence-corrected chi connectivity index (χ1v) is 7.45. The second-order valence-corrected chi connectivity index (χ2v) is 5.99. The van der Waals surface area contributed by atoms with E-state index in [-0.39, 0.29) is 12.6 Å². The van der Waals surface area contributed by atoms with Crippen LogP contribution in [0, 0.1) is 0 Å². The minimum atomic E-state index is -1.03. The fraction of sp³-hybridized carbons (Fsp3) is 0.500. The van der Waals surface area contributed by atoms with E-state index in [2.05, 4.69) is 10.6 Å². The van der Waals surface area contributed by atoms with Crippen LogP contribution in [-0.4, -0.2) is 28.9 Å². The van der Waals surface area contributed by atoms with E-state index in [0.29, 0.717) is 6.42 Å². The van der Waals surface area contributed by atoms with Crippen molar-refractivity contribution in [2.24, 2.45) is 0 Å². The summed E-state index contributed by atoms with van der Waals surface area (Å²) in [6.07, 6.45) is 1.54. The summed E-state index contributed by atoms with van der Waals surface area (Å²) in [5.41, 5.74) is 0.482. The number of ether oxygens (including phenoxy) is 1. The van der Waals surface area contributed by atoms with Crippen molar-refractivity contribution < 1.29 is 19.4 Å². The van der Waals surface area contributed by atoms with Gasteiger partial charge in [-0.2, -0.15) is 0 Å². The molecule has 6 heteroatoms. The highest BCUT2D eigenvalue weighted by Crippen LogP contribution is 2.28. The van der Waals surface area contributed by atoms with E-state index in [1.165, 1.54) is 0 Å². The van der Waals surface area contributed by atoms with Gasteiger partial charge in [0.05, 0.1) is 0 Å². The summed E-state index contributed by atoms with van der Waals surface area (Å²) < 4.78 is 5.23.